The molecule has 1 saturated heterocycles. The van der Waals surface area contributed by atoms with Gasteiger partial charge in [0.2, 0.25) is 0 Å². The molecule has 1 fully saturated rings. The molecule has 0 aromatic heterocycles. The molecule has 0 saturated carbocycles. The first kappa shape index (κ1) is 11.9. The van der Waals surface area contributed by atoms with E-state index in [0.29, 0.717) is 6.54 Å². The van der Waals surface area contributed by atoms with Crippen LogP contribution in [0.15, 0.2) is 22.7 Å². The molecule has 0 radical (unpaired) electrons. The highest BCUT2D eigenvalue weighted by Crippen LogP contribution is 2.21. The summed E-state index contributed by atoms with van der Waals surface area (Å²) >= 11 is 9.43. The Morgan fingerprint density at radius 3 is 2.88 bits per heavy atom. The van der Waals surface area contributed by atoms with Gasteiger partial charge >= 0.3 is 0 Å². The molecule has 1 heterocycles. The standard InChI is InChI=1S/C12H13BrClNO/c1-8-2-3-9(6-11(8)13)12(16)15-5-4-10(14)7-15/h2-3,6,10H,4-5,7H2,1H3. The van der Waals surface area contributed by atoms with Crippen LogP contribution in [0.1, 0.15) is 22.3 Å². The Kier molecular flexibility index (Phi) is 3.55. The molecule has 1 aliphatic heterocycles. The lowest BCUT2D eigenvalue weighted by molar-refractivity contribution is 0.0793. The van der Waals surface area contributed by atoms with Crippen LogP contribution in [-0.2, 0) is 0 Å². The summed E-state index contributed by atoms with van der Waals surface area (Å²) < 4.78 is 0.972. The van der Waals surface area contributed by atoms with E-state index in [1.54, 1.807) is 0 Å². The number of amides is 1. The quantitative estimate of drug-likeness (QED) is 0.730. The fourth-order valence-corrected chi connectivity index (χ4v) is 2.45. The van der Waals surface area contributed by atoms with E-state index in [1.165, 1.54) is 0 Å². The van der Waals surface area contributed by atoms with Gasteiger partial charge in [0.05, 0.1) is 5.38 Å². The number of nitrogens with zero attached hydrogens (tertiary/aromatic N) is 1. The first-order chi connectivity index (χ1) is 7.58. The maximum atomic E-state index is 12.1. The van der Waals surface area contributed by atoms with Crippen molar-refractivity contribution in [2.24, 2.45) is 0 Å². The van der Waals surface area contributed by atoms with Crippen LogP contribution >= 0.6 is 27.5 Å². The molecule has 1 aromatic rings. The predicted molar refractivity (Wildman–Crippen MR) is 69.0 cm³/mol. The second kappa shape index (κ2) is 4.76. The molecule has 2 nitrogen and oxygen atoms in total. The Labute approximate surface area is 109 Å². The average Bonchev–Trinajstić information content (AvgIpc) is 2.68. The third-order valence-corrected chi connectivity index (χ3v) is 4.05. The lowest BCUT2D eigenvalue weighted by atomic mass is 10.1. The van der Waals surface area contributed by atoms with Gasteiger partial charge in [0.15, 0.2) is 0 Å². The molecule has 0 aliphatic carbocycles. The zero-order valence-corrected chi connectivity index (χ0v) is 11.4. The van der Waals surface area contributed by atoms with Crippen molar-refractivity contribution in [2.75, 3.05) is 13.1 Å². The van der Waals surface area contributed by atoms with Crippen LogP contribution in [0.3, 0.4) is 0 Å². The minimum atomic E-state index is 0.0730. The fraction of sp³-hybridized carbons (Fsp3) is 0.417. The Morgan fingerprint density at radius 1 is 1.56 bits per heavy atom. The molecule has 0 spiro atoms. The van der Waals surface area contributed by atoms with Gasteiger partial charge in [-0.15, -0.1) is 11.6 Å². The van der Waals surface area contributed by atoms with Crippen LogP contribution < -0.4 is 0 Å². The second-order valence-electron chi connectivity index (χ2n) is 4.10. The summed E-state index contributed by atoms with van der Waals surface area (Å²) in [5.41, 5.74) is 1.86. The molecule has 0 N–H and O–H groups in total. The maximum absolute atomic E-state index is 12.1. The minimum absolute atomic E-state index is 0.0730. The molecule has 4 heteroatoms. The molecule has 1 unspecified atom stereocenters. The number of likely N-dealkylation sites (tertiary alicyclic amines) is 1. The Balaban J connectivity index is 2.18. The third-order valence-electron chi connectivity index (χ3n) is 2.84. The van der Waals surface area contributed by atoms with Crippen molar-refractivity contribution in [3.8, 4) is 0 Å². The van der Waals surface area contributed by atoms with Gasteiger partial charge in [0.25, 0.3) is 5.91 Å². The van der Waals surface area contributed by atoms with Crippen molar-refractivity contribution < 1.29 is 4.79 Å². The number of aryl methyl sites for hydroxylation is 1. The highest BCUT2D eigenvalue weighted by Gasteiger charge is 2.25. The summed E-state index contributed by atoms with van der Waals surface area (Å²) in [5.74, 6) is 0.0730. The van der Waals surface area contributed by atoms with Crippen molar-refractivity contribution in [3.05, 3.63) is 33.8 Å². The van der Waals surface area contributed by atoms with Crippen LogP contribution in [0.2, 0.25) is 0 Å². The van der Waals surface area contributed by atoms with Crippen molar-refractivity contribution >= 4 is 33.4 Å². The molecule has 2 rings (SSSR count). The monoisotopic (exact) mass is 301 g/mol. The van der Waals surface area contributed by atoms with Gasteiger partial charge in [-0.2, -0.15) is 0 Å². The Bertz CT molecular complexity index is 421. The maximum Gasteiger partial charge on any atom is 0.253 e. The molecule has 1 atom stereocenters. The van der Waals surface area contributed by atoms with E-state index in [-0.39, 0.29) is 11.3 Å². The van der Waals surface area contributed by atoms with E-state index >= 15 is 0 Å². The molecule has 1 aromatic carbocycles. The van der Waals surface area contributed by atoms with Crippen LogP contribution in [0.25, 0.3) is 0 Å². The lowest BCUT2D eigenvalue weighted by Gasteiger charge is -2.15. The number of hydrogen-bond acceptors (Lipinski definition) is 1. The van der Waals surface area contributed by atoms with Crippen molar-refractivity contribution in [1.29, 1.82) is 0 Å². The molecule has 1 amide bonds. The number of benzene rings is 1. The first-order valence-electron chi connectivity index (χ1n) is 5.27. The Hall–Kier alpha value is -0.540. The largest absolute Gasteiger partial charge is 0.337 e. The average molecular weight is 303 g/mol. The van der Waals surface area contributed by atoms with Crippen LogP contribution in [0, 0.1) is 6.92 Å². The molecule has 1 aliphatic rings. The van der Waals surface area contributed by atoms with Gasteiger partial charge in [-0.25, -0.2) is 0 Å². The summed E-state index contributed by atoms with van der Waals surface area (Å²) in [6.45, 7) is 3.42. The van der Waals surface area contributed by atoms with E-state index in [4.69, 9.17) is 11.6 Å². The zero-order chi connectivity index (χ0) is 11.7. The second-order valence-corrected chi connectivity index (χ2v) is 5.57. The number of halogens is 2. The van der Waals surface area contributed by atoms with Gasteiger partial charge < -0.3 is 4.90 Å². The molecular formula is C12H13BrClNO. The van der Waals surface area contributed by atoms with Crippen molar-refractivity contribution in [2.45, 2.75) is 18.7 Å². The van der Waals surface area contributed by atoms with Gasteiger partial charge in [-0.1, -0.05) is 22.0 Å². The number of carbonyl (C=O) groups is 1. The summed E-state index contributed by atoms with van der Waals surface area (Å²) in [6, 6.07) is 5.69. The zero-order valence-electron chi connectivity index (χ0n) is 9.04. The van der Waals surface area contributed by atoms with Gasteiger partial charge in [0.1, 0.15) is 0 Å². The van der Waals surface area contributed by atoms with Crippen molar-refractivity contribution in [1.82, 2.24) is 4.90 Å². The molecule has 86 valence electrons. The van der Waals surface area contributed by atoms with E-state index in [9.17, 15) is 4.79 Å². The molecule has 0 bridgehead atoms. The summed E-state index contributed by atoms with van der Waals surface area (Å²) in [4.78, 5) is 13.9. The summed E-state index contributed by atoms with van der Waals surface area (Å²) in [7, 11) is 0. The van der Waals surface area contributed by atoms with Crippen molar-refractivity contribution in [3.63, 3.8) is 0 Å². The fourth-order valence-electron chi connectivity index (χ4n) is 1.81. The number of alkyl halides is 1. The predicted octanol–water partition coefficient (Wildman–Crippen LogP) is 3.21. The van der Waals surface area contributed by atoms with Crippen LogP contribution in [0.4, 0.5) is 0 Å². The molecule has 16 heavy (non-hydrogen) atoms. The minimum Gasteiger partial charge on any atom is -0.337 e. The normalized spacial score (nSPS) is 20.2. The number of carbonyl (C=O) groups excluding carboxylic acids is 1. The lowest BCUT2D eigenvalue weighted by Crippen LogP contribution is -2.28. The SMILES string of the molecule is Cc1ccc(C(=O)N2CCC(Cl)C2)cc1Br. The third kappa shape index (κ3) is 2.41. The van der Waals surface area contributed by atoms with E-state index < -0.39 is 0 Å². The van der Waals surface area contributed by atoms with E-state index in [1.807, 2.05) is 30.0 Å². The summed E-state index contributed by atoms with van der Waals surface area (Å²) in [5, 5.41) is 0.109. The highest BCUT2D eigenvalue weighted by molar-refractivity contribution is 9.10. The van der Waals surface area contributed by atoms with Crippen LogP contribution in [-0.4, -0.2) is 29.3 Å². The van der Waals surface area contributed by atoms with Crippen LogP contribution in [0.5, 0.6) is 0 Å². The Morgan fingerprint density at radius 2 is 2.31 bits per heavy atom. The topological polar surface area (TPSA) is 20.3 Å². The van der Waals surface area contributed by atoms with Gasteiger partial charge in [-0.3, -0.25) is 4.79 Å². The summed E-state index contributed by atoms with van der Waals surface area (Å²) in [6.07, 6.45) is 0.889. The first-order valence-corrected chi connectivity index (χ1v) is 6.50. The smallest absolute Gasteiger partial charge is 0.253 e. The highest BCUT2D eigenvalue weighted by atomic mass is 79.9. The van der Waals surface area contributed by atoms with Gasteiger partial charge in [-0.05, 0) is 31.0 Å². The van der Waals surface area contributed by atoms with E-state index in [2.05, 4.69) is 15.9 Å². The number of rotatable bonds is 1. The number of hydrogen-bond donors (Lipinski definition) is 0. The van der Waals surface area contributed by atoms with E-state index in [0.717, 1.165) is 28.6 Å². The van der Waals surface area contributed by atoms with Gasteiger partial charge in [0, 0.05) is 23.1 Å². The molecular weight excluding hydrogens is 289 g/mol.